The van der Waals surface area contributed by atoms with Crippen LogP contribution in [0, 0.1) is 24.0 Å². The van der Waals surface area contributed by atoms with Gasteiger partial charge in [-0.25, -0.2) is 9.78 Å². The highest BCUT2D eigenvalue weighted by atomic mass is 32.1. The minimum Gasteiger partial charge on any atom is -0.478 e. The lowest BCUT2D eigenvalue weighted by Gasteiger charge is -2.05. The lowest BCUT2D eigenvalue weighted by atomic mass is 10.2. The van der Waals surface area contributed by atoms with Gasteiger partial charge in [-0.3, -0.25) is 10.1 Å². The number of anilines is 2. The zero-order chi connectivity index (χ0) is 14.9. The number of aromatic carboxylic acids is 1. The van der Waals surface area contributed by atoms with E-state index in [0.29, 0.717) is 5.13 Å². The van der Waals surface area contributed by atoms with Crippen LogP contribution in [0.1, 0.15) is 20.9 Å². The van der Waals surface area contributed by atoms with Crippen molar-refractivity contribution >= 4 is 33.8 Å². The molecule has 0 aliphatic heterocycles. The van der Waals surface area contributed by atoms with Crippen LogP contribution < -0.4 is 5.32 Å². The van der Waals surface area contributed by atoms with Crippen LogP contribution >= 0.6 is 11.3 Å². The summed E-state index contributed by atoms with van der Waals surface area (Å²) in [6.45, 7) is 3.72. The summed E-state index contributed by atoms with van der Waals surface area (Å²) in [6.07, 6.45) is 0. The molecule has 0 radical (unpaired) electrons. The summed E-state index contributed by atoms with van der Waals surface area (Å²) in [4.78, 5) is 26.5. The lowest BCUT2D eigenvalue weighted by Crippen LogP contribution is -2.01. The maximum Gasteiger partial charge on any atom is 0.335 e. The Kier molecular flexibility index (Phi) is 3.66. The first-order valence-electron chi connectivity index (χ1n) is 5.61. The number of hydrogen-bond acceptors (Lipinski definition) is 6. The van der Waals surface area contributed by atoms with Crippen molar-refractivity contribution < 1.29 is 14.8 Å². The molecule has 0 saturated carbocycles. The Labute approximate surface area is 118 Å². The number of carboxylic acids is 1. The lowest BCUT2D eigenvalue weighted by molar-refractivity contribution is -0.383. The maximum atomic E-state index is 11.0. The monoisotopic (exact) mass is 293 g/mol. The van der Waals surface area contributed by atoms with Crippen LogP contribution in [0.4, 0.5) is 16.5 Å². The number of thiazole rings is 1. The molecule has 0 unspecified atom stereocenters. The largest absolute Gasteiger partial charge is 0.478 e. The Morgan fingerprint density at radius 1 is 1.45 bits per heavy atom. The molecule has 0 saturated heterocycles. The van der Waals surface area contributed by atoms with Crippen LogP contribution in [0.3, 0.4) is 0 Å². The van der Waals surface area contributed by atoms with Crippen LogP contribution in [0.2, 0.25) is 0 Å². The van der Waals surface area contributed by atoms with E-state index >= 15 is 0 Å². The molecule has 0 spiro atoms. The third-order valence-electron chi connectivity index (χ3n) is 2.71. The second-order valence-corrected chi connectivity index (χ2v) is 5.28. The van der Waals surface area contributed by atoms with Crippen molar-refractivity contribution in [3.05, 3.63) is 44.4 Å². The van der Waals surface area contributed by atoms with Gasteiger partial charge in [0.15, 0.2) is 5.13 Å². The highest BCUT2D eigenvalue weighted by molar-refractivity contribution is 7.15. The number of hydrogen-bond donors (Lipinski definition) is 2. The number of aromatic nitrogens is 1. The minimum atomic E-state index is -1.14. The zero-order valence-electron chi connectivity index (χ0n) is 10.7. The Morgan fingerprint density at radius 3 is 2.65 bits per heavy atom. The number of nitrogens with zero attached hydrogens (tertiary/aromatic N) is 2. The van der Waals surface area contributed by atoms with Gasteiger partial charge in [0.2, 0.25) is 0 Å². The average Bonchev–Trinajstić information content (AvgIpc) is 2.67. The van der Waals surface area contributed by atoms with Crippen molar-refractivity contribution in [2.75, 3.05) is 5.32 Å². The fourth-order valence-corrected chi connectivity index (χ4v) is 2.40. The summed E-state index contributed by atoms with van der Waals surface area (Å²) < 4.78 is 0. The first-order chi connectivity index (χ1) is 9.38. The Balaban J connectivity index is 2.44. The molecule has 8 heteroatoms. The van der Waals surface area contributed by atoms with Crippen LogP contribution in [0.5, 0.6) is 0 Å². The Hall–Kier alpha value is -2.48. The van der Waals surface area contributed by atoms with Gasteiger partial charge in [0.05, 0.1) is 16.2 Å². The number of aryl methyl sites for hydroxylation is 2. The minimum absolute atomic E-state index is 0.0249. The Bertz CT molecular complexity index is 677. The number of carbonyl (C=O) groups is 1. The summed E-state index contributed by atoms with van der Waals surface area (Å²) >= 11 is 1.35. The van der Waals surface area contributed by atoms with Gasteiger partial charge < -0.3 is 10.4 Å². The molecule has 104 valence electrons. The second-order valence-electron chi connectivity index (χ2n) is 4.08. The number of nitrogens with one attached hydrogen (secondary N) is 1. The van der Waals surface area contributed by atoms with E-state index in [9.17, 15) is 14.9 Å². The molecular weight excluding hydrogens is 282 g/mol. The smallest absolute Gasteiger partial charge is 0.335 e. The SMILES string of the molecule is Cc1nc(Nc2cc(C(=O)O)ccc2[N+](=O)[O-])sc1C. The van der Waals surface area contributed by atoms with Crippen molar-refractivity contribution in [2.24, 2.45) is 0 Å². The first-order valence-corrected chi connectivity index (χ1v) is 6.43. The predicted octanol–water partition coefficient (Wildman–Crippen LogP) is 3.11. The molecule has 1 aromatic carbocycles. The fraction of sp³-hybridized carbons (Fsp3) is 0.167. The molecule has 0 fully saturated rings. The van der Waals surface area contributed by atoms with Crippen molar-refractivity contribution in [3.63, 3.8) is 0 Å². The van der Waals surface area contributed by atoms with E-state index in [-0.39, 0.29) is 16.9 Å². The van der Waals surface area contributed by atoms with Crippen LogP contribution in [-0.4, -0.2) is 21.0 Å². The van der Waals surface area contributed by atoms with Gasteiger partial charge >= 0.3 is 5.97 Å². The highest BCUT2D eigenvalue weighted by Gasteiger charge is 2.18. The molecule has 0 aliphatic rings. The molecule has 2 aromatic rings. The topological polar surface area (TPSA) is 105 Å². The molecule has 0 atom stereocenters. The molecule has 7 nitrogen and oxygen atoms in total. The van der Waals surface area contributed by atoms with Gasteiger partial charge in [0.25, 0.3) is 5.69 Å². The van der Waals surface area contributed by atoms with E-state index in [4.69, 9.17) is 5.11 Å². The number of nitro benzene ring substituents is 1. The van der Waals surface area contributed by atoms with E-state index < -0.39 is 10.9 Å². The molecular formula is C12H11N3O4S. The van der Waals surface area contributed by atoms with Crippen molar-refractivity contribution in [2.45, 2.75) is 13.8 Å². The third kappa shape index (κ3) is 2.75. The molecule has 2 N–H and O–H groups in total. The van der Waals surface area contributed by atoms with Gasteiger partial charge in [-0.2, -0.15) is 0 Å². The molecule has 20 heavy (non-hydrogen) atoms. The second kappa shape index (κ2) is 5.25. The predicted molar refractivity (Wildman–Crippen MR) is 74.9 cm³/mol. The quantitative estimate of drug-likeness (QED) is 0.662. The summed E-state index contributed by atoms with van der Waals surface area (Å²) in [5.74, 6) is -1.14. The fourth-order valence-electron chi connectivity index (χ4n) is 1.57. The van der Waals surface area contributed by atoms with Gasteiger partial charge in [-0.05, 0) is 26.0 Å². The van der Waals surface area contributed by atoms with Gasteiger partial charge in [0, 0.05) is 10.9 Å². The van der Waals surface area contributed by atoms with E-state index in [0.717, 1.165) is 10.6 Å². The Morgan fingerprint density at radius 2 is 2.15 bits per heavy atom. The summed E-state index contributed by atoms with van der Waals surface area (Å²) in [5, 5.41) is 23.2. The summed E-state index contributed by atoms with van der Waals surface area (Å²) in [5.41, 5.74) is 0.724. The molecule has 1 heterocycles. The maximum absolute atomic E-state index is 11.0. The number of rotatable bonds is 4. The molecule has 0 amide bonds. The van der Waals surface area contributed by atoms with Crippen LogP contribution in [0.25, 0.3) is 0 Å². The number of carboxylic acid groups (broad SMARTS) is 1. The first kappa shape index (κ1) is 13.9. The summed E-state index contributed by atoms with van der Waals surface area (Å²) in [7, 11) is 0. The van der Waals surface area contributed by atoms with Crippen molar-refractivity contribution in [1.29, 1.82) is 0 Å². The normalized spacial score (nSPS) is 10.3. The highest BCUT2D eigenvalue weighted by Crippen LogP contribution is 2.31. The van der Waals surface area contributed by atoms with Gasteiger partial charge in [0.1, 0.15) is 5.69 Å². The van der Waals surface area contributed by atoms with E-state index in [1.165, 1.54) is 29.5 Å². The zero-order valence-corrected chi connectivity index (χ0v) is 11.5. The number of nitro groups is 1. The number of benzene rings is 1. The van der Waals surface area contributed by atoms with Crippen molar-refractivity contribution in [3.8, 4) is 0 Å². The summed E-state index contributed by atoms with van der Waals surface area (Å²) in [6, 6.07) is 3.59. The van der Waals surface area contributed by atoms with E-state index in [2.05, 4.69) is 10.3 Å². The van der Waals surface area contributed by atoms with E-state index in [1.54, 1.807) is 0 Å². The van der Waals surface area contributed by atoms with Crippen LogP contribution in [-0.2, 0) is 0 Å². The standard InChI is InChI=1S/C12H11N3O4S/c1-6-7(2)20-12(13-6)14-9-5-8(11(16)17)3-4-10(9)15(18)19/h3-5H,1-2H3,(H,13,14)(H,16,17). The van der Waals surface area contributed by atoms with E-state index in [1.807, 2.05) is 13.8 Å². The average molecular weight is 293 g/mol. The third-order valence-corrected chi connectivity index (χ3v) is 3.70. The van der Waals surface area contributed by atoms with Crippen LogP contribution in [0.15, 0.2) is 18.2 Å². The van der Waals surface area contributed by atoms with Gasteiger partial charge in [-0.1, -0.05) is 0 Å². The molecule has 0 bridgehead atoms. The molecule has 0 aliphatic carbocycles. The van der Waals surface area contributed by atoms with Gasteiger partial charge in [-0.15, -0.1) is 11.3 Å². The molecule has 2 rings (SSSR count). The molecule has 1 aromatic heterocycles. The van der Waals surface area contributed by atoms with Crippen molar-refractivity contribution in [1.82, 2.24) is 4.98 Å².